The van der Waals surface area contributed by atoms with Crippen molar-refractivity contribution in [2.24, 2.45) is 5.92 Å². The summed E-state index contributed by atoms with van der Waals surface area (Å²) in [7, 11) is 0. The maximum absolute atomic E-state index is 11.4. The van der Waals surface area contributed by atoms with Gasteiger partial charge in [-0.3, -0.25) is 4.79 Å². The summed E-state index contributed by atoms with van der Waals surface area (Å²) in [4.78, 5) is 11.4. The minimum atomic E-state index is 0.163. The summed E-state index contributed by atoms with van der Waals surface area (Å²) in [5.41, 5.74) is 1.39. The highest BCUT2D eigenvalue weighted by atomic mass is 16.1. The molecule has 0 N–H and O–H groups in total. The Morgan fingerprint density at radius 1 is 1.15 bits per heavy atom. The second-order valence-electron chi connectivity index (χ2n) is 4.27. The van der Waals surface area contributed by atoms with E-state index >= 15 is 0 Å². The van der Waals surface area contributed by atoms with Crippen molar-refractivity contribution >= 4 is 5.78 Å². The smallest absolute Gasteiger partial charge is 0.158 e. The molecule has 1 saturated carbocycles. The third-order valence-electron chi connectivity index (χ3n) is 2.66. The lowest BCUT2D eigenvalue weighted by Crippen LogP contribution is -2.03. The second kappa shape index (κ2) is 5.21. The quantitative estimate of drug-likeness (QED) is 0.469. The lowest BCUT2D eigenvalue weighted by Gasteiger charge is -2.03. The Labute approximate surface area is 81.2 Å². The first-order valence-corrected chi connectivity index (χ1v) is 5.43. The summed E-state index contributed by atoms with van der Waals surface area (Å²) < 4.78 is 0. The fourth-order valence-corrected chi connectivity index (χ4v) is 1.69. The van der Waals surface area contributed by atoms with Crippen LogP contribution in [0.25, 0.3) is 0 Å². The third-order valence-corrected chi connectivity index (χ3v) is 2.66. The van der Waals surface area contributed by atoms with Gasteiger partial charge in [-0.2, -0.15) is 0 Å². The highest BCUT2D eigenvalue weighted by molar-refractivity contribution is 5.91. The van der Waals surface area contributed by atoms with Crippen LogP contribution in [0.2, 0.25) is 0 Å². The van der Waals surface area contributed by atoms with Crippen LogP contribution in [0.3, 0.4) is 0 Å². The predicted molar refractivity (Wildman–Crippen MR) is 55.6 cm³/mol. The van der Waals surface area contributed by atoms with Gasteiger partial charge in [0.25, 0.3) is 0 Å². The van der Waals surface area contributed by atoms with Gasteiger partial charge in [0.1, 0.15) is 0 Å². The van der Waals surface area contributed by atoms with Gasteiger partial charge in [0, 0.05) is 5.92 Å². The average Bonchev–Trinajstić information content (AvgIpc) is 2.32. The Morgan fingerprint density at radius 3 is 2.15 bits per heavy atom. The van der Waals surface area contributed by atoms with Crippen LogP contribution >= 0.6 is 0 Å². The van der Waals surface area contributed by atoms with E-state index in [1.54, 1.807) is 0 Å². The van der Waals surface area contributed by atoms with E-state index in [1.807, 2.05) is 19.9 Å². The van der Waals surface area contributed by atoms with E-state index in [-0.39, 0.29) is 5.92 Å². The van der Waals surface area contributed by atoms with Crippen molar-refractivity contribution in [1.82, 2.24) is 0 Å². The zero-order valence-electron chi connectivity index (χ0n) is 8.81. The molecule has 1 aliphatic rings. The first kappa shape index (κ1) is 10.5. The molecule has 0 unspecified atom stereocenters. The van der Waals surface area contributed by atoms with Crippen LogP contribution in [-0.4, -0.2) is 5.78 Å². The fraction of sp³-hybridized carbons (Fsp3) is 0.750. The number of allylic oxidation sites excluding steroid dienone is 2. The molecule has 1 aliphatic carbocycles. The largest absolute Gasteiger partial charge is 0.295 e. The molecule has 0 aromatic rings. The summed E-state index contributed by atoms with van der Waals surface area (Å²) in [6, 6.07) is 0. The molecular formula is C12H20O. The Kier molecular flexibility index (Phi) is 4.20. The summed E-state index contributed by atoms with van der Waals surface area (Å²) in [6.45, 7) is 3.94. The van der Waals surface area contributed by atoms with Crippen LogP contribution in [0, 0.1) is 5.92 Å². The van der Waals surface area contributed by atoms with Gasteiger partial charge < -0.3 is 0 Å². The zero-order chi connectivity index (χ0) is 9.68. The molecule has 74 valence electrons. The van der Waals surface area contributed by atoms with Crippen molar-refractivity contribution in [3.8, 4) is 0 Å². The van der Waals surface area contributed by atoms with E-state index in [0.717, 1.165) is 12.8 Å². The van der Waals surface area contributed by atoms with Crippen LogP contribution in [0.5, 0.6) is 0 Å². The van der Waals surface area contributed by atoms with E-state index in [1.165, 1.54) is 31.3 Å². The maximum Gasteiger partial charge on any atom is 0.158 e. The number of hydrogen-bond acceptors (Lipinski definition) is 1. The van der Waals surface area contributed by atoms with Crippen molar-refractivity contribution in [1.29, 1.82) is 0 Å². The molecule has 0 aromatic heterocycles. The lowest BCUT2D eigenvalue weighted by molar-refractivity contribution is -0.117. The topological polar surface area (TPSA) is 17.1 Å². The minimum Gasteiger partial charge on any atom is -0.295 e. The number of ketones is 1. The molecule has 1 nitrogen and oxygen atoms in total. The summed E-state index contributed by atoms with van der Waals surface area (Å²) in [6.07, 6.45) is 9.43. The molecule has 1 heteroatoms. The number of hydrogen-bond donors (Lipinski definition) is 0. The van der Waals surface area contributed by atoms with Crippen molar-refractivity contribution in [2.45, 2.75) is 52.4 Å². The molecule has 0 aliphatic heterocycles. The number of carbonyl (C=O) groups excluding carboxylic acids is 1. The highest BCUT2D eigenvalue weighted by Gasteiger charge is 2.08. The van der Waals surface area contributed by atoms with Crippen molar-refractivity contribution in [3.63, 3.8) is 0 Å². The third kappa shape index (κ3) is 3.75. The van der Waals surface area contributed by atoms with Gasteiger partial charge in [-0.15, -0.1) is 0 Å². The molecule has 0 aromatic carbocycles. The molecule has 0 saturated heterocycles. The van der Waals surface area contributed by atoms with Crippen molar-refractivity contribution in [2.75, 3.05) is 0 Å². The minimum absolute atomic E-state index is 0.163. The molecular weight excluding hydrogens is 160 g/mol. The molecule has 0 atom stereocenters. The molecule has 13 heavy (non-hydrogen) atoms. The molecule has 1 rings (SSSR count). The zero-order valence-corrected chi connectivity index (χ0v) is 8.81. The molecule has 0 heterocycles. The van der Waals surface area contributed by atoms with E-state index in [2.05, 4.69) is 0 Å². The summed E-state index contributed by atoms with van der Waals surface area (Å²) in [5.74, 6) is 0.465. The fourth-order valence-electron chi connectivity index (χ4n) is 1.69. The van der Waals surface area contributed by atoms with Crippen LogP contribution in [-0.2, 0) is 4.79 Å². The standard InChI is InChI=1S/C12H20O/c1-10(2)12(13)9-11-7-5-3-4-6-8-11/h9-10H,3-8H2,1-2H3. The maximum atomic E-state index is 11.4. The summed E-state index contributed by atoms with van der Waals surface area (Å²) in [5, 5.41) is 0. The SMILES string of the molecule is CC(C)C(=O)C=C1CCCCCC1. The van der Waals surface area contributed by atoms with Gasteiger partial charge >= 0.3 is 0 Å². The van der Waals surface area contributed by atoms with E-state index in [9.17, 15) is 4.79 Å². The van der Waals surface area contributed by atoms with Gasteiger partial charge in [-0.05, 0) is 31.8 Å². The van der Waals surface area contributed by atoms with Gasteiger partial charge in [-0.1, -0.05) is 32.3 Å². The first-order valence-electron chi connectivity index (χ1n) is 5.43. The van der Waals surface area contributed by atoms with Gasteiger partial charge in [0.2, 0.25) is 0 Å². The monoisotopic (exact) mass is 180 g/mol. The van der Waals surface area contributed by atoms with Crippen LogP contribution in [0.15, 0.2) is 11.6 Å². The van der Waals surface area contributed by atoms with Crippen LogP contribution in [0.4, 0.5) is 0 Å². The van der Waals surface area contributed by atoms with Gasteiger partial charge in [0.15, 0.2) is 5.78 Å². The van der Waals surface area contributed by atoms with Gasteiger partial charge in [-0.25, -0.2) is 0 Å². The number of carbonyl (C=O) groups is 1. The second-order valence-corrected chi connectivity index (χ2v) is 4.27. The molecule has 0 bridgehead atoms. The van der Waals surface area contributed by atoms with E-state index in [4.69, 9.17) is 0 Å². The number of rotatable bonds is 2. The highest BCUT2D eigenvalue weighted by Crippen LogP contribution is 2.22. The Balaban J connectivity index is 2.52. The Morgan fingerprint density at radius 2 is 1.69 bits per heavy atom. The van der Waals surface area contributed by atoms with Crippen LogP contribution in [0.1, 0.15) is 52.4 Å². The van der Waals surface area contributed by atoms with Crippen LogP contribution < -0.4 is 0 Å². The summed E-state index contributed by atoms with van der Waals surface area (Å²) >= 11 is 0. The lowest BCUT2D eigenvalue weighted by atomic mass is 10.0. The normalized spacial score (nSPS) is 18.5. The Hall–Kier alpha value is -0.590. The van der Waals surface area contributed by atoms with Crippen molar-refractivity contribution in [3.05, 3.63) is 11.6 Å². The molecule has 0 amide bonds. The molecule has 0 radical (unpaired) electrons. The van der Waals surface area contributed by atoms with E-state index in [0.29, 0.717) is 5.78 Å². The predicted octanol–water partition coefficient (Wildman–Crippen LogP) is 3.49. The molecule has 0 spiro atoms. The van der Waals surface area contributed by atoms with Gasteiger partial charge in [0.05, 0.1) is 0 Å². The first-order chi connectivity index (χ1) is 6.20. The Bertz CT molecular complexity index is 191. The average molecular weight is 180 g/mol. The van der Waals surface area contributed by atoms with E-state index < -0.39 is 0 Å². The molecule has 1 fully saturated rings. The van der Waals surface area contributed by atoms with Crippen molar-refractivity contribution < 1.29 is 4.79 Å².